The van der Waals surface area contributed by atoms with Crippen molar-refractivity contribution in [1.82, 2.24) is 0 Å². The van der Waals surface area contributed by atoms with Gasteiger partial charge in [-0.15, -0.1) is 0 Å². The number of para-hydroxylation sites is 2. The Balaban J connectivity index is 2.26. The maximum atomic E-state index is 5.54. The van der Waals surface area contributed by atoms with Gasteiger partial charge < -0.3 is 9.47 Å². The predicted octanol–water partition coefficient (Wildman–Crippen LogP) is 2.09. The number of rotatable bonds is 0. The van der Waals surface area contributed by atoms with Crippen LogP contribution in [0.2, 0.25) is 0 Å². The lowest BCUT2D eigenvalue weighted by atomic mass is 10.2. The van der Waals surface area contributed by atoms with Crippen molar-refractivity contribution in [1.29, 1.82) is 0 Å². The topological polar surface area (TPSA) is 18.5 Å². The van der Waals surface area contributed by atoms with Crippen LogP contribution in [0.25, 0.3) is 0 Å². The van der Waals surface area contributed by atoms with Crippen molar-refractivity contribution in [3.8, 4) is 11.5 Å². The summed E-state index contributed by atoms with van der Waals surface area (Å²) in [5.74, 6) is 2.20. The summed E-state index contributed by atoms with van der Waals surface area (Å²) in [6.07, 6.45) is 0. The molecule has 0 N–H and O–H groups in total. The molecule has 0 aromatic heterocycles. The molecule has 2 rings (SSSR count). The molecule has 1 aromatic carbocycles. The highest BCUT2D eigenvalue weighted by molar-refractivity contribution is 5.39. The van der Waals surface area contributed by atoms with Crippen molar-refractivity contribution in [3.63, 3.8) is 0 Å². The Labute approximate surface area is 72.1 Å². The Hall–Kier alpha value is -1.18. The zero-order valence-corrected chi connectivity index (χ0v) is 7.12. The molecule has 0 saturated carbocycles. The Morgan fingerprint density at radius 2 is 1.58 bits per heavy atom. The van der Waals surface area contributed by atoms with E-state index in [0.29, 0.717) is 5.92 Å². The molecule has 2 heteroatoms. The minimum absolute atomic E-state index is 0.470. The van der Waals surface area contributed by atoms with Crippen LogP contribution in [0.1, 0.15) is 6.92 Å². The van der Waals surface area contributed by atoms with Crippen LogP contribution in [0, 0.1) is 5.92 Å². The number of hydrogen-bond donors (Lipinski definition) is 0. The standard InChI is InChI=1S/C10H12O2/c1-8-6-11-9-4-2-3-5-10(9)12-7-8/h2-5,8H,6-7H2,1H3. The van der Waals surface area contributed by atoms with E-state index in [1.807, 2.05) is 24.3 Å². The Kier molecular flexibility index (Phi) is 1.90. The highest BCUT2D eigenvalue weighted by Gasteiger charge is 2.13. The molecule has 2 nitrogen and oxygen atoms in total. The molecule has 0 unspecified atom stereocenters. The van der Waals surface area contributed by atoms with E-state index in [1.165, 1.54) is 0 Å². The Morgan fingerprint density at radius 3 is 2.08 bits per heavy atom. The van der Waals surface area contributed by atoms with E-state index in [9.17, 15) is 0 Å². The monoisotopic (exact) mass is 164 g/mol. The summed E-state index contributed by atoms with van der Waals surface area (Å²) in [6.45, 7) is 3.61. The van der Waals surface area contributed by atoms with Gasteiger partial charge in [-0.1, -0.05) is 19.1 Å². The van der Waals surface area contributed by atoms with Gasteiger partial charge in [0.15, 0.2) is 11.5 Å². The number of hydrogen-bond acceptors (Lipinski definition) is 2. The molecule has 1 heterocycles. The molecule has 12 heavy (non-hydrogen) atoms. The molecule has 1 aromatic rings. The second-order valence-corrected chi connectivity index (χ2v) is 3.17. The van der Waals surface area contributed by atoms with E-state index in [-0.39, 0.29) is 0 Å². The normalized spacial score (nSPS) is 17.1. The van der Waals surface area contributed by atoms with Gasteiger partial charge in [-0.05, 0) is 12.1 Å². The lowest BCUT2D eigenvalue weighted by Gasteiger charge is -2.04. The maximum absolute atomic E-state index is 5.54. The Bertz CT molecular complexity index is 243. The summed E-state index contributed by atoms with van der Waals surface area (Å²) in [7, 11) is 0. The minimum atomic E-state index is 0.470. The first kappa shape index (κ1) is 7.47. The smallest absolute Gasteiger partial charge is 0.161 e. The fraction of sp³-hybridized carbons (Fsp3) is 0.400. The van der Waals surface area contributed by atoms with Crippen LogP contribution in [-0.4, -0.2) is 13.2 Å². The van der Waals surface area contributed by atoms with Crippen molar-refractivity contribution in [2.24, 2.45) is 5.92 Å². The molecule has 0 bridgehead atoms. The SMILES string of the molecule is CC1COc2ccccc2OC1. The molecular weight excluding hydrogens is 152 g/mol. The van der Waals surface area contributed by atoms with Gasteiger partial charge in [0.05, 0.1) is 13.2 Å². The first-order valence-electron chi connectivity index (χ1n) is 4.21. The second kappa shape index (κ2) is 3.05. The molecule has 1 aliphatic heterocycles. The van der Waals surface area contributed by atoms with Crippen LogP contribution in [0.5, 0.6) is 11.5 Å². The van der Waals surface area contributed by atoms with Crippen molar-refractivity contribution in [3.05, 3.63) is 24.3 Å². The Morgan fingerprint density at radius 1 is 1.08 bits per heavy atom. The molecule has 1 aliphatic rings. The number of fused-ring (bicyclic) bond motifs is 1. The third kappa shape index (κ3) is 1.37. The second-order valence-electron chi connectivity index (χ2n) is 3.17. The zero-order chi connectivity index (χ0) is 8.39. The third-order valence-electron chi connectivity index (χ3n) is 1.90. The highest BCUT2D eigenvalue weighted by Crippen LogP contribution is 2.29. The van der Waals surface area contributed by atoms with Crippen LogP contribution in [0.3, 0.4) is 0 Å². The summed E-state index contributed by atoms with van der Waals surface area (Å²) in [5, 5.41) is 0. The van der Waals surface area contributed by atoms with Gasteiger partial charge in [-0.3, -0.25) is 0 Å². The summed E-state index contributed by atoms with van der Waals surface area (Å²) >= 11 is 0. The molecule has 0 amide bonds. The van der Waals surface area contributed by atoms with E-state index < -0.39 is 0 Å². The zero-order valence-electron chi connectivity index (χ0n) is 7.12. The summed E-state index contributed by atoms with van der Waals surface area (Å²) in [5.41, 5.74) is 0. The van der Waals surface area contributed by atoms with Crippen molar-refractivity contribution in [2.45, 2.75) is 6.92 Å². The first-order valence-corrected chi connectivity index (χ1v) is 4.21. The van der Waals surface area contributed by atoms with Gasteiger partial charge in [0, 0.05) is 5.92 Å². The molecule has 0 fully saturated rings. The van der Waals surface area contributed by atoms with Gasteiger partial charge in [0.25, 0.3) is 0 Å². The maximum Gasteiger partial charge on any atom is 0.161 e. The third-order valence-corrected chi connectivity index (χ3v) is 1.90. The van der Waals surface area contributed by atoms with Crippen LogP contribution < -0.4 is 9.47 Å². The predicted molar refractivity (Wildman–Crippen MR) is 46.6 cm³/mol. The van der Waals surface area contributed by atoms with E-state index in [0.717, 1.165) is 24.7 Å². The molecule has 0 atom stereocenters. The van der Waals surface area contributed by atoms with Gasteiger partial charge in [-0.25, -0.2) is 0 Å². The van der Waals surface area contributed by atoms with Crippen molar-refractivity contribution < 1.29 is 9.47 Å². The highest BCUT2D eigenvalue weighted by atomic mass is 16.5. The summed E-state index contributed by atoms with van der Waals surface area (Å²) < 4.78 is 11.1. The average molecular weight is 164 g/mol. The van der Waals surface area contributed by atoms with E-state index in [4.69, 9.17) is 9.47 Å². The lowest BCUT2D eigenvalue weighted by molar-refractivity contribution is 0.228. The molecule has 64 valence electrons. The first-order chi connectivity index (χ1) is 5.86. The van der Waals surface area contributed by atoms with Crippen molar-refractivity contribution in [2.75, 3.05) is 13.2 Å². The average Bonchev–Trinajstić information content (AvgIpc) is 2.29. The van der Waals surface area contributed by atoms with Gasteiger partial charge in [0.1, 0.15) is 0 Å². The molecular formula is C10H12O2. The number of ether oxygens (including phenoxy) is 2. The largest absolute Gasteiger partial charge is 0.489 e. The van der Waals surface area contributed by atoms with Crippen LogP contribution in [0.4, 0.5) is 0 Å². The number of benzene rings is 1. The molecule has 0 radical (unpaired) electrons. The quantitative estimate of drug-likeness (QED) is 0.584. The van der Waals surface area contributed by atoms with Gasteiger partial charge >= 0.3 is 0 Å². The molecule has 0 spiro atoms. The van der Waals surface area contributed by atoms with Crippen LogP contribution in [-0.2, 0) is 0 Å². The summed E-state index contributed by atoms with van der Waals surface area (Å²) in [6, 6.07) is 7.79. The molecule has 0 saturated heterocycles. The van der Waals surface area contributed by atoms with E-state index in [2.05, 4.69) is 6.92 Å². The van der Waals surface area contributed by atoms with E-state index in [1.54, 1.807) is 0 Å². The summed E-state index contributed by atoms with van der Waals surface area (Å²) in [4.78, 5) is 0. The van der Waals surface area contributed by atoms with Crippen LogP contribution >= 0.6 is 0 Å². The van der Waals surface area contributed by atoms with E-state index >= 15 is 0 Å². The van der Waals surface area contributed by atoms with Gasteiger partial charge in [0.2, 0.25) is 0 Å². The van der Waals surface area contributed by atoms with Crippen LogP contribution in [0.15, 0.2) is 24.3 Å². The fourth-order valence-electron chi connectivity index (χ4n) is 1.20. The van der Waals surface area contributed by atoms with Gasteiger partial charge in [-0.2, -0.15) is 0 Å². The fourth-order valence-corrected chi connectivity index (χ4v) is 1.20. The molecule has 0 aliphatic carbocycles. The van der Waals surface area contributed by atoms with Crippen molar-refractivity contribution >= 4 is 0 Å². The lowest BCUT2D eigenvalue weighted by Crippen LogP contribution is -2.12. The minimum Gasteiger partial charge on any atom is -0.489 e.